The van der Waals surface area contributed by atoms with Crippen LogP contribution in [-0.2, 0) is 4.74 Å². The van der Waals surface area contributed by atoms with Crippen LogP contribution in [0.5, 0.6) is 0 Å². The summed E-state index contributed by atoms with van der Waals surface area (Å²) >= 11 is 0. The van der Waals surface area contributed by atoms with Gasteiger partial charge >= 0.3 is 5.97 Å². The summed E-state index contributed by atoms with van der Waals surface area (Å²) in [6, 6.07) is 3.27. The zero-order valence-corrected chi connectivity index (χ0v) is 8.51. The number of hydrogen-bond donors (Lipinski definition) is 1. The molecule has 0 spiro atoms. The minimum Gasteiger partial charge on any atom is -0.461 e. The van der Waals surface area contributed by atoms with Crippen molar-refractivity contribution in [1.29, 1.82) is 0 Å². The van der Waals surface area contributed by atoms with Gasteiger partial charge in [-0.25, -0.2) is 13.6 Å². The molecule has 0 aliphatic heterocycles. The predicted molar refractivity (Wildman–Crippen MR) is 54.2 cm³/mol. The molecular weight excluding hydrogens is 216 g/mol. The molecule has 84 valence electrons. The number of H-pyrrole nitrogens is 1. The molecule has 0 bridgehead atoms. The third kappa shape index (κ3) is 1.76. The Balaban J connectivity index is 2.51. The quantitative estimate of drug-likeness (QED) is 0.798. The molecule has 1 aromatic carbocycles. The van der Waals surface area contributed by atoms with Gasteiger partial charge in [0.25, 0.3) is 0 Å². The van der Waals surface area contributed by atoms with Crippen molar-refractivity contribution in [2.24, 2.45) is 0 Å². The fourth-order valence-electron chi connectivity index (χ4n) is 1.48. The van der Waals surface area contributed by atoms with E-state index in [0.717, 1.165) is 12.1 Å². The van der Waals surface area contributed by atoms with Crippen molar-refractivity contribution in [3.8, 4) is 0 Å². The number of aromatic nitrogens is 1. The Hall–Kier alpha value is -1.91. The summed E-state index contributed by atoms with van der Waals surface area (Å²) in [7, 11) is 0. The van der Waals surface area contributed by atoms with Crippen molar-refractivity contribution < 1.29 is 18.3 Å². The third-order valence-electron chi connectivity index (χ3n) is 2.14. The van der Waals surface area contributed by atoms with Gasteiger partial charge in [0.15, 0.2) is 0 Å². The van der Waals surface area contributed by atoms with Crippen LogP contribution in [0.25, 0.3) is 10.9 Å². The van der Waals surface area contributed by atoms with Crippen LogP contribution in [0.4, 0.5) is 8.78 Å². The molecule has 0 aliphatic rings. The SMILES string of the molecule is CCOC(=O)c1cc2cc(F)cc(F)c2[nH]1. The van der Waals surface area contributed by atoms with Crippen LogP contribution in [0.15, 0.2) is 18.2 Å². The number of carbonyl (C=O) groups is 1. The van der Waals surface area contributed by atoms with Gasteiger partial charge in [-0.2, -0.15) is 0 Å². The first-order chi connectivity index (χ1) is 7.61. The lowest BCUT2D eigenvalue weighted by Gasteiger charge is -1.96. The molecule has 0 saturated carbocycles. The highest BCUT2D eigenvalue weighted by Crippen LogP contribution is 2.20. The maximum atomic E-state index is 13.3. The van der Waals surface area contributed by atoms with Gasteiger partial charge in [-0.15, -0.1) is 0 Å². The molecule has 0 atom stereocenters. The molecule has 0 fully saturated rings. The van der Waals surface area contributed by atoms with Gasteiger partial charge in [0, 0.05) is 11.5 Å². The Morgan fingerprint density at radius 1 is 1.38 bits per heavy atom. The van der Waals surface area contributed by atoms with Gasteiger partial charge in [-0.3, -0.25) is 0 Å². The Bertz CT molecular complexity index is 548. The van der Waals surface area contributed by atoms with Gasteiger partial charge in [0.1, 0.15) is 17.3 Å². The molecule has 0 saturated heterocycles. The number of esters is 1. The van der Waals surface area contributed by atoms with Crippen LogP contribution < -0.4 is 0 Å². The Morgan fingerprint density at radius 3 is 2.81 bits per heavy atom. The number of hydrogen-bond acceptors (Lipinski definition) is 2. The molecule has 0 amide bonds. The van der Waals surface area contributed by atoms with Crippen LogP contribution in [-0.4, -0.2) is 17.6 Å². The van der Waals surface area contributed by atoms with E-state index in [1.807, 2.05) is 0 Å². The molecule has 1 N–H and O–H groups in total. The highest BCUT2D eigenvalue weighted by Gasteiger charge is 2.13. The lowest BCUT2D eigenvalue weighted by Crippen LogP contribution is -2.04. The van der Waals surface area contributed by atoms with Crippen LogP contribution in [0.2, 0.25) is 0 Å². The van der Waals surface area contributed by atoms with E-state index in [9.17, 15) is 13.6 Å². The van der Waals surface area contributed by atoms with Gasteiger partial charge < -0.3 is 9.72 Å². The molecular formula is C11H9F2NO2. The fraction of sp³-hybridized carbons (Fsp3) is 0.182. The number of benzene rings is 1. The maximum Gasteiger partial charge on any atom is 0.354 e. The maximum absolute atomic E-state index is 13.3. The molecule has 1 heterocycles. The van der Waals surface area contributed by atoms with E-state index in [1.165, 1.54) is 6.07 Å². The monoisotopic (exact) mass is 225 g/mol. The molecule has 16 heavy (non-hydrogen) atoms. The number of ether oxygens (including phenoxy) is 1. The predicted octanol–water partition coefficient (Wildman–Crippen LogP) is 2.62. The molecule has 2 aromatic rings. The number of rotatable bonds is 2. The largest absolute Gasteiger partial charge is 0.461 e. The van der Waals surface area contributed by atoms with Crippen molar-refractivity contribution in [1.82, 2.24) is 4.98 Å². The molecule has 0 unspecified atom stereocenters. The summed E-state index contributed by atoms with van der Waals surface area (Å²) in [5, 5.41) is 0.306. The standard InChI is InChI=1S/C11H9F2NO2/c1-2-16-11(15)9-4-6-3-7(12)5-8(13)10(6)14-9/h3-5,14H,2H2,1H3. The number of halogens is 2. The third-order valence-corrected chi connectivity index (χ3v) is 2.14. The first kappa shape index (κ1) is 10.6. The second-order valence-corrected chi connectivity index (χ2v) is 3.26. The topological polar surface area (TPSA) is 42.1 Å². The van der Waals surface area contributed by atoms with E-state index in [1.54, 1.807) is 6.92 Å². The Labute approximate surface area is 90.0 Å². The number of nitrogens with one attached hydrogen (secondary N) is 1. The minimum atomic E-state index is -0.731. The molecule has 2 rings (SSSR count). The molecule has 0 radical (unpaired) electrons. The van der Waals surface area contributed by atoms with Crippen molar-refractivity contribution in [2.45, 2.75) is 6.92 Å². The second-order valence-electron chi connectivity index (χ2n) is 3.26. The van der Waals surface area contributed by atoms with Gasteiger partial charge in [0.05, 0.1) is 12.1 Å². The van der Waals surface area contributed by atoms with Gasteiger partial charge in [0.2, 0.25) is 0 Å². The van der Waals surface area contributed by atoms with E-state index in [0.29, 0.717) is 5.39 Å². The first-order valence-corrected chi connectivity index (χ1v) is 4.76. The van der Waals surface area contributed by atoms with Crippen molar-refractivity contribution in [3.63, 3.8) is 0 Å². The van der Waals surface area contributed by atoms with Crippen LogP contribution in [0.1, 0.15) is 17.4 Å². The molecule has 5 heteroatoms. The van der Waals surface area contributed by atoms with E-state index in [-0.39, 0.29) is 17.8 Å². The molecule has 1 aromatic heterocycles. The minimum absolute atomic E-state index is 0.101. The van der Waals surface area contributed by atoms with Crippen molar-refractivity contribution >= 4 is 16.9 Å². The summed E-state index contributed by atoms with van der Waals surface area (Å²) in [4.78, 5) is 13.9. The van der Waals surface area contributed by atoms with Crippen LogP contribution in [0, 0.1) is 11.6 Å². The average Bonchev–Trinajstić information content (AvgIpc) is 2.62. The number of aromatic amines is 1. The summed E-state index contributed by atoms with van der Waals surface area (Å²) in [5.74, 6) is -2.00. The van der Waals surface area contributed by atoms with E-state index >= 15 is 0 Å². The zero-order chi connectivity index (χ0) is 11.7. The van der Waals surface area contributed by atoms with Crippen LogP contribution in [0.3, 0.4) is 0 Å². The van der Waals surface area contributed by atoms with Crippen molar-refractivity contribution in [3.05, 3.63) is 35.5 Å². The summed E-state index contributed by atoms with van der Waals surface area (Å²) < 4.78 is 30.9. The average molecular weight is 225 g/mol. The van der Waals surface area contributed by atoms with E-state index in [2.05, 4.69) is 4.98 Å². The smallest absolute Gasteiger partial charge is 0.354 e. The van der Waals surface area contributed by atoms with E-state index < -0.39 is 17.6 Å². The van der Waals surface area contributed by atoms with Gasteiger partial charge in [-0.05, 0) is 19.1 Å². The van der Waals surface area contributed by atoms with Crippen LogP contribution >= 0.6 is 0 Å². The fourth-order valence-corrected chi connectivity index (χ4v) is 1.48. The normalized spacial score (nSPS) is 10.7. The Morgan fingerprint density at radius 2 is 2.12 bits per heavy atom. The highest BCUT2D eigenvalue weighted by molar-refractivity contribution is 5.94. The highest BCUT2D eigenvalue weighted by atomic mass is 19.1. The summed E-state index contributed by atoms with van der Waals surface area (Å²) in [6.07, 6.45) is 0. The zero-order valence-electron chi connectivity index (χ0n) is 8.51. The summed E-state index contributed by atoms with van der Waals surface area (Å²) in [6.45, 7) is 1.89. The van der Waals surface area contributed by atoms with Crippen molar-refractivity contribution in [2.75, 3.05) is 6.61 Å². The van der Waals surface area contributed by atoms with E-state index in [4.69, 9.17) is 4.74 Å². The lowest BCUT2D eigenvalue weighted by molar-refractivity contribution is 0.0520. The summed E-state index contributed by atoms with van der Waals surface area (Å²) in [5.41, 5.74) is 0.214. The lowest BCUT2D eigenvalue weighted by atomic mass is 10.2. The second kappa shape index (κ2) is 3.92. The molecule has 3 nitrogen and oxygen atoms in total. The Kier molecular flexibility index (Phi) is 2.60. The van der Waals surface area contributed by atoms with Gasteiger partial charge in [-0.1, -0.05) is 0 Å². The molecule has 0 aliphatic carbocycles. The number of fused-ring (bicyclic) bond motifs is 1. The first-order valence-electron chi connectivity index (χ1n) is 4.76. The number of carbonyl (C=O) groups excluding carboxylic acids is 1.